The minimum Gasteiger partial charge on any atom is -0.482 e. The number of carbonyl (C=O) groups excluding carboxylic acids is 1. The summed E-state index contributed by atoms with van der Waals surface area (Å²) in [6, 6.07) is 19.3. The van der Waals surface area contributed by atoms with Crippen molar-refractivity contribution in [1.29, 1.82) is 0 Å². The molecule has 29 heavy (non-hydrogen) atoms. The van der Waals surface area contributed by atoms with Gasteiger partial charge in [0, 0.05) is 17.9 Å². The highest BCUT2D eigenvalue weighted by molar-refractivity contribution is 6.32. The minimum absolute atomic E-state index is 0.196. The first-order valence-corrected chi connectivity index (χ1v) is 9.70. The van der Waals surface area contributed by atoms with Crippen LogP contribution < -0.4 is 15.4 Å². The van der Waals surface area contributed by atoms with Crippen LogP contribution in [0.25, 0.3) is 0 Å². The molecule has 4 nitrogen and oxygen atoms in total. The average Bonchev–Trinajstić information content (AvgIpc) is 2.73. The number of hydrogen-bond donors (Lipinski definition) is 2. The van der Waals surface area contributed by atoms with Gasteiger partial charge in [-0.25, -0.2) is 4.39 Å². The zero-order valence-corrected chi connectivity index (χ0v) is 16.8. The molecule has 0 atom stereocenters. The van der Waals surface area contributed by atoms with Crippen LogP contribution in [0.1, 0.15) is 18.1 Å². The molecule has 2 N–H and O–H groups in total. The van der Waals surface area contributed by atoms with E-state index in [9.17, 15) is 9.18 Å². The fraction of sp³-hybridized carbons (Fsp3) is 0.174. The second-order valence-corrected chi connectivity index (χ2v) is 6.92. The van der Waals surface area contributed by atoms with Gasteiger partial charge in [-0.15, -0.1) is 0 Å². The van der Waals surface area contributed by atoms with Gasteiger partial charge in [0.1, 0.15) is 11.6 Å². The van der Waals surface area contributed by atoms with Gasteiger partial charge in [-0.2, -0.15) is 0 Å². The van der Waals surface area contributed by atoms with Gasteiger partial charge < -0.3 is 15.4 Å². The average molecular weight is 413 g/mol. The predicted molar refractivity (Wildman–Crippen MR) is 115 cm³/mol. The van der Waals surface area contributed by atoms with Gasteiger partial charge in [-0.1, -0.05) is 36.7 Å². The lowest BCUT2D eigenvalue weighted by atomic mass is 10.1. The second-order valence-electron chi connectivity index (χ2n) is 6.51. The Morgan fingerprint density at radius 2 is 1.62 bits per heavy atom. The van der Waals surface area contributed by atoms with E-state index in [2.05, 4.69) is 41.8 Å². The number of anilines is 2. The number of rotatable bonds is 8. The number of aryl methyl sites for hydroxylation is 1. The third-order valence-corrected chi connectivity index (χ3v) is 4.64. The molecule has 0 aliphatic carbocycles. The van der Waals surface area contributed by atoms with E-state index in [4.69, 9.17) is 16.3 Å². The Morgan fingerprint density at radius 1 is 0.966 bits per heavy atom. The van der Waals surface area contributed by atoms with E-state index in [1.165, 1.54) is 29.8 Å². The molecule has 0 aliphatic heterocycles. The predicted octanol–water partition coefficient (Wildman–Crippen LogP) is 5.67. The topological polar surface area (TPSA) is 50.4 Å². The first-order chi connectivity index (χ1) is 14.0. The summed E-state index contributed by atoms with van der Waals surface area (Å²) in [7, 11) is 0. The molecule has 0 aromatic heterocycles. The molecule has 1 amide bonds. The summed E-state index contributed by atoms with van der Waals surface area (Å²) >= 11 is 6.29. The van der Waals surface area contributed by atoms with Crippen LogP contribution in [0.3, 0.4) is 0 Å². The molecule has 0 unspecified atom stereocenters. The summed E-state index contributed by atoms with van der Waals surface area (Å²) in [4.78, 5) is 12.0. The molecule has 0 heterocycles. The zero-order chi connectivity index (χ0) is 20.6. The van der Waals surface area contributed by atoms with Crippen molar-refractivity contribution in [1.82, 2.24) is 0 Å². The Bertz CT molecular complexity index is 960. The molecule has 0 bridgehead atoms. The molecule has 150 valence electrons. The van der Waals surface area contributed by atoms with Crippen molar-refractivity contribution >= 4 is 28.9 Å². The molecule has 0 fully saturated rings. The van der Waals surface area contributed by atoms with Crippen molar-refractivity contribution in [3.05, 3.63) is 88.7 Å². The van der Waals surface area contributed by atoms with Crippen molar-refractivity contribution in [2.24, 2.45) is 0 Å². The summed E-state index contributed by atoms with van der Waals surface area (Å²) in [5, 5.41) is 6.41. The highest BCUT2D eigenvalue weighted by Crippen LogP contribution is 2.26. The quantitative estimate of drug-likeness (QED) is 0.501. The highest BCUT2D eigenvalue weighted by Gasteiger charge is 2.08. The van der Waals surface area contributed by atoms with Gasteiger partial charge in [0.15, 0.2) is 6.61 Å². The maximum absolute atomic E-state index is 12.9. The molecule has 0 radical (unpaired) electrons. The molecule has 3 aromatic rings. The van der Waals surface area contributed by atoms with Crippen LogP contribution in [0.2, 0.25) is 5.02 Å². The Morgan fingerprint density at radius 3 is 2.28 bits per heavy atom. The second kappa shape index (κ2) is 9.94. The summed E-state index contributed by atoms with van der Waals surface area (Å²) in [6.45, 7) is 2.55. The van der Waals surface area contributed by atoms with Gasteiger partial charge in [0.05, 0.1) is 5.02 Å². The number of amides is 1. The Labute approximate surface area is 174 Å². The maximum Gasteiger partial charge on any atom is 0.262 e. The van der Waals surface area contributed by atoms with Crippen molar-refractivity contribution in [3.63, 3.8) is 0 Å². The highest BCUT2D eigenvalue weighted by atomic mass is 35.5. The van der Waals surface area contributed by atoms with Crippen LogP contribution in [-0.2, 0) is 17.8 Å². The Hall–Kier alpha value is -3.05. The molecule has 0 aliphatic rings. The fourth-order valence-corrected chi connectivity index (χ4v) is 2.97. The molecular weight excluding hydrogens is 391 g/mol. The molecule has 3 rings (SSSR count). The van der Waals surface area contributed by atoms with Gasteiger partial charge in [-0.3, -0.25) is 4.79 Å². The smallest absolute Gasteiger partial charge is 0.262 e. The molecular formula is C23H22ClFN2O2. The van der Waals surface area contributed by atoms with Crippen LogP contribution >= 0.6 is 11.6 Å². The van der Waals surface area contributed by atoms with Crippen LogP contribution in [0, 0.1) is 5.82 Å². The number of nitrogens with one attached hydrogen (secondary N) is 2. The number of carbonyl (C=O) groups is 1. The van der Waals surface area contributed by atoms with Gasteiger partial charge in [-0.05, 0) is 66.1 Å². The van der Waals surface area contributed by atoms with E-state index >= 15 is 0 Å². The maximum atomic E-state index is 12.9. The zero-order valence-electron chi connectivity index (χ0n) is 16.0. The molecule has 3 aromatic carbocycles. The van der Waals surface area contributed by atoms with Gasteiger partial charge >= 0.3 is 0 Å². The molecule has 6 heteroatoms. The Balaban J connectivity index is 1.50. The summed E-state index contributed by atoms with van der Waals surface area (Å²) < 4.78 is 18.4. The van der Waals surface area contributed by atoms with Crippen molar-refractivity contribution in [3.8, 4) is 5.75 Å². The number of hydrogen-bond acceptors (Lipinski definition) is 3. The largest absolute Gasteiger partial charge is 0.482 e. The van der Waals surface area contributed by atoms with Crippen LogP contribution in [0.4, 0.5) is 15.8 Å². The number of halogens is 2. The van der Waals surface area contributed by atoms with Crippen molar-refractivity contribution in [2.75, 3.05) is 17.2 Å². The standard InChI is InChI=1S/C23H22ClFN2O2/c1-2-16-3-8-19(9-4-16)26-14-17-5-12-22(21(24)13-17)29-15-23(28)27-20-10-6-18(25)7-11-20/h3-13,26H,2,14-15H2,1H3,(H,27,28). The van der Waals surface area contributed by atoms with E-state index in [-0.39, 0.29) is 18.3 Å². The molecule has 0 spiro atoms. The number of ether oxygens (including phenoxy) is 1. The summed E-state index contributed by atoms with van der Waals surface area (Å²) in [5.74, 6) is -0.287. The van der Waals surface area contributed by atoms with E-state index in [1.54, 1.807) is 6.07 Å². The summed E-state index contributed by atoms with van der Waals surface area (Å²) in [6.07, 6.45) is 1.01. The van der Waals surface area contributed by atoms with E-state index in [1.807, 2.05) is 12.1 Å². The lowest BCUT2D eigenvalue weighted by Gasteiger charge is -2.11. The molecule has 0 saturated heterocycles. The van der Waals surface area contributed by atoms with Crippen molar-refractivity contribution < 1.29 is 13.9 Å². The first kappa shape index (κ1) is 20.7. The molecule has 0 saturated carbocycles. The van der Waals surface area contributed by atoms with E-state index in [0.29, 0.717) is 23.0 Å². The first-order valence-electron chi connectivity index (χ1n) is 9.33. The van der Waals surface area contributed by atoms with Gasteiger partial charge in [0.2, 0.25) is 0 Å². The third-order valence-electron chi connectivity index (χ3n) is 4.34. The number of benzene rings is 3. The van der Waals surface area contributed by atoms with Crippen LogP contribution in [0.5, 0.6) is 5.75 Å². The third kappa shape index (κ3) is 6.22. The van der Waals surface area contributed by atoms with E-state index in [0.717, 1.165) is 17.7 Å². The minimum atomic E-state index is -0.362. The fourth-order valence-electron chi connectivity index (χ4n) is 2.71. The lowest BCUT2D eigenvalue weighted by Crippen LogP contribution is -2.20. The monoisotopic (exact) mass is 412 g/mol. The van der Waals surface area contributed by atoms with Crippen LogP contribution in [-0.4, -0.2) is 12.5 Å². The lowest BCUT2D eigenvalue weighted by molar-refractivity contribution is -0.118. The Kier molecular flexibility index (Phi) is 7.09. The van der Waals surface area contributed by atoms with E-state index < -0.39 is 0 Å². The summed E-state index contributed by atoms with van der Waals surface area (Å²) in [5.41, 5.74) is 3.83. The van der Waals surface area contributed by atoms with Crippen LogP contribution in [0.15, 0.2) is 66.7 Å². The van der Waals surface area contributed by atoms with Crippen molar-refractivity contribution in [2.45, 2.75) is 19.9 Å². The van der Waals surface area contributed by atoms with Gasteiger partial charge in [0.25, 0.3) is 5.91 Å². The SMILES string of the molecule is CCc1ccc(NCc2ccc(OCC(=O)Nc3ccc(F)cc3)c(Cl)c2)cc1. The normalized spacial score (nSPS) is 10.4.